The van der Waals surface area contributed by atoms with E-state index >= 15 is 0 Å². The van der Waals surface area contributed by atoms with Crippen molar-refractivity contribution in [2.45, 2.75) is 38.3 Å². The number of carbonyl (C=O) groups is 3. The third-order valence-electron chi connectivity index (χ3n) is 3.79. The van der Waals surface area contributed by atoms with Crippen LogP contribution in [0.2, 0.25) is 0 Å². The largest absolute Gasteiger partial charge is 0.359 e. The molecule has 2 N–H and O–H groups in total. The number of hydrogen-bond donors (Lipinski definition) is 2. The summed E-state index contributed by atoms with van der Waals surface area (Å²) < 4.78 is 5.24. The average Bonchev–Trinajstić information content (AvgIpc) is 3.10. The highest BCUT2D eigenvalue weighted by atomic mass is 16.5. The Morgan fingerprint density at radius 2 is 2.33 bits per heavy atom. The first kappa shape index (κ1) is 13.6. The molecule has 2 fully saturated rings. The summed E-state index contributed by atoms with van der Waals surface area (Å²) in [5.41, 5.74) is 0.770. The zero-order valence-corrected chi connectivity index (χ0v) is 11.6. The quantitative estimate of drug-likeness (QED) is 0.777. The van der Waals surface area contributed by atoms with Gasteiger partial charge in [0.05, 0.1) is 18.2 Å². The average molecular weight is 292 g/mol. The van der Waals surface area contributed by atoms with Gasteiger partial charge in [0.15, 0.2) is 5.76 Å². The number of aromatic nitrogens is 1. The number of rotatable bonds is 3. The minimum Gasteiger partial charge on any atom is -0.359 e. The van der Waals surface area contributed by atoms with E-state index < -0.39 is 18.0 Å². The van der Waals surface area contributed by atoms with Crippen LogP contribution in [0.4, 0.5) is 4.79 Å². The standard InChI is InChI=1S/C13H16N4O4/c1-7-5-10(21-16-7)9-3-2-4-17(9)11(18)6-8-12(19)15-13(20)14-8/h5,8-9H,2-4,6H2,1H3,(H2,14,15,19,20). The van der Waals surface area contributed by atoms with Gasteiger partial charge in [0.1, 0.15) is 6.04 Å². The van der Waals surface area contributed by atoms with Crippen LogP contribution in [0.25, 0.3) is 0 Å². The first-order chi connectivity index (χ1) is 10.0. The van der Waals surface area contributed by atoms with Gasteiger partial charge >= 0.3 is 6.03 Å². The highest BCUT2D eigenvalue weighted by Crippen LogP contribution is 2.32. The molecule has 112 valence electrons. The van der Waals surface area contributed by atoms with Gasteiger partial charge in [-0.15, -0.1) is 0 Å². The molecule has 3 heterocycles. The van der Waals surface area contributed by atoms with Gasteiger partial charge in [-0.2, -0.15) is 0 Å². The molecule has 0 bridgehead atoms. The van der Waals surface area contributed by atoms with Crippen molar-refractivity contribution < 1.29 is 18.9 Å². The maximum atomic E-state index is 12.4. The molecule has 0 saturated carbocycles. The number of imide groups is 1. The molecule has 0 aliphatic carbocycles. The molecule has 1 aromatic heterocycles. The van der Waals surface area contributed by atoms with Crippen LogP contribution in [-0.2, 0) is 9.59 Å². The second-order valence-corrected chi connectivity index (χ2v) is 5.34. The fourth-order valence-corrected chi connectivity index (χ4v) is 2.80. The highest BCUT2D eigenvalue weighted by Gasteiger charge is 2.37. The number of nitrogens with zero attached hydrogens (tertiary/aromatic N) is 2. The van der Waals surface area contributed by atoms with Crippen LogP contribution in [0.5, 0.6) is 0 Å². The van der Waals surface area contributed by atoms with Gasteiger partial charge in [0, 0.05) is 12.6 Å². The van der Waals surface area contributed by atoms with Crippen LogP contribution in [0, 0.1) is 6.92 Å². The third kappa shape index (κ3) is 2.61. The number of carbonyl (C=O) groups excluding carboxylic acids is 3. The second-order valence-electron chi connectivity index (χ2n) is 5.34. The fourth-order valence-electron chi connectivity index (χ4n) is 2.80. The van der Waals surface area contributed by atoms with E-state index in [1.807, 2.05) is 13.0 Å². The lowest BCUT2D eigenvalue weighted by molar-refractivity contribution is -0.135. The molecule has 3 rings (SSSR count). The van der Waals surface area contributed by atoms with Crippen molar-refractivity contribution in [3.05, 3.63) is 17.5 Å². The van der Waals surface area contributed by atoms with Gasteiger partial charge in [0.2, 0.25) is 5.91 Å². The van der Waals surface area contributed by atoms with E-state index in [9.17, 15) is 14.4 Å². The summed E-state index contributed by atoms with van der Waals surface area (Å²) >= 11 is 0. The van der Waals surface area contributed by atoms with Crippen molar-refractivity contribution >= 4 is 17.8 Å². The number of nitrogens with one attached hydrogen (secondary N) is 2. The van der Waals surface area contributed by atoms with Gasteiger partial charge < -0.3 is 14.7 Å². The molecular formula is C13H16N4O4. The Hall–Kier alpha value is -2.38. The Morgan fingerprint density at radius 1 is 1.52 bits per heavy atom. The van der Waals surface area contributed by atoms with Crippen molar-refractivity contribution in [1.82, 2.24) is 20.7 Å². The lowest BCUT2D eigenvalue weighted by atomic mass is 10.1. The van der Waals surface area contributed by atoms with Crippen molar-refractivity contribution in [1.29, 1.82) is 0 Å². The minimum absolute atomic E-state index is 0.0405. The third-order valence-corrected chi connectivity index (χ3v) is 3.79. The topological polar surface area (TPSA) is 105 Å². The molecule has 21 heavy (non-hydrogen) atoms. The predicted octanol–water partition coefficient (Wildman–Crippen LogP) is 0.245. The SMILES string of the molecule is Cc1cc(C2CCCN2C(=O)CC2NC(=O)NC2=O)on1. The molecule has 8 nitrogen and oxygen atoms in total. The Balaban J connectivity index is 1.69. The summed E-state index contributed by atoms with van der Waals surface area (Å²) in [5.74, 6) is 0.0340. The number of aryl methyl sites for hydroxylation is 1. The Morgan fingerprint density at radius 3 is 2.95 bits per heavy atom. The molecule has 8 heteroatoms. The predicted molar refractivity (Wildman–Crippen MR) is 70.0 cm³/mol. The summed E-state index contributed by atoms with van der Waals surface area (Å²) in [6.07, 6.45) is 1.64. The van der Waals surface area contributed by atoms with Crippen LogP contribution in [0.3, 0.4) is 0 Å². The first-order valence-electron chi connectivity index (χ1n) is 6.88. The molecule has 4 amide bonds. The zero-order chi connectivity index (χ0) is 15.0. The lowest BCUT2D eigenvalue weighted by Crippen LogP contribution is -2.38. The summed E-state index contributed by atoms with van der Waals surface area (Å²) in [4.78, 5) is 36.6. The van der Waals surface area contributed by atoms with E-state index in [4.69, 9.17) is 4.52 Å². The monoisotopic (exact) mass is 292 g/mol. The van der Waals surface area contributed by atoms with Crippen molar-refractivity contribution in [2.75, 3.05) is 6.54 Å². The van der Waals surface area contributed by atoms with Gasteiger partial charge in [0.25, 0.3) is 5.91 Å². The van der Waals surface area contributed by atoms with E-state index in [1.54, 1.807) is 4.90 Å². The molecule has 2 unspecified atom stereocenters. The van der Waals surface area contributed by atoms with E-state index in [-0.39, 0.29) is 18.4 Å². The summed E-state index contributed by atoms with van der Waals surface area (Å²) in [6, 6.07) is 0.337. The molecule has 0 radical (unpaired) electrons. The zero-order valence-electron chi connectivity index (χ0n) is 11.6. The van der Waals surface area contributed by atoms with Gasteiger partial charge in [-0.05, 0) is 19.8 Å². The highest BCUT2D eigenvalue weighted by molar-refractivity contribution is 6.05. The van der Waals surface area contributed by atoms with Crippen molar-refractivity contribution in [2.24, 2.45) is 0 Å². The summed E-state index contributed by atoms with van der Waals surface area (Å²) in [7, 11) is 0. The van der Waals surface area contributed by atoms with Crippen LogP contribution >= 0.6 is 0 Å². The summed E-state index contributed by atoms with van der Waals surface area (Å²) in [5, 5.41) is 8.40. The Bertz CT molecular complexity index is 597. The summed E-state index contributed by atoms with van der Waals surface area (Å²) in [6.45, 7) is 2.44. The van der Waals surface area contributed by atoms with E-state index in [1.165, 1.54) is 0 Å². The van der Waals surface area contributed by atoms with E-state index in [0.29, 0.717) is 12.3 Å². The molecule has 2 aliphatic rings. The molecule has 1 aromatic rings. The van der Waals surface area contributed by atoms with Crippen LogP contribution in [0.15, 0.2) is 10.6 Å². The van der Waals surface area contributed by atoms with Crippen LogP contribution in [-0.4, -0.2) is 40.5 Å². The van der Waals surface area contributed by atoms with E-state index in [0.717, 1.165) is 18.5 Å². The second kappa shape index (κ2) is 5.19. The maximum absolute atomic E-state index is 12.4. The van der Waals surface area contributed by atoms with Gasteiger partial charge in [-0.1, -0.05) is 5.16 Å². The minimum atomic E-state index is -0.789. The number of urea groups is 1. The normalized spacial score (nSPS) is 25.1. The maximum Gasteiger partial charge on any atom is 0.322 e. The number of amides is 4. The Kier molecular flexibility index (Phi) is 3.36. The van der Waals surface area contributed by atoms with Crippen LogP contribution in [0.1, 0.15) is 36.8 Å². The fraction of sp³-hybridized carbons (Fsp3) is 0.538. The molecular weight excluding hydrogens is 276 g/mol. The number of hydrogen-bond acceptors (Lipinski definition) is 5. The van der Waals surface area contributed by atoms with Crippen molar-refractivity contribution in [3.8, 4) is 0 Å². The Labute approximate surface area is 120 Å². The van der Waals surface area contributed by atoms with Gasteiger partial charge in [-0.25, -0.2) is 4.79 Å². The van der Waals surface area contributed by atoms with Gasteiger partial charge in [-0.3, -0.25) is 14.9 Å². The van der Waals surface area contributed by atoms with Crippen molar-refractivity contribution in [3.63, 3.8) is 0 Å². The molecule has 2 atom stereocenters. The lowest BCUT2D eigenvalue weighted by Gasteiger charge is -2.23. The van der Waals surface area contributed by atoms with Crippen LogP contribution < -0.4 is 10.6 Å². The van der Waals surface area contributed by atoms with E-state index in [2.05, 4.69) is 15.8 Å². The molecule has 2 aliphatic heterocycles. The first-order valence-corrected chi connectivity index (χ1v) is 6.88. The molecule has 2 saturated heterocycles. The molecule has 0 spiro atoms. The smallest absolute Gasteiger partial charge is 0.322 e. The number of likely N-dealkylation sites (tertiary alicyclic amines) is 1. The molecule has 0 aromatic carbocycles.